The van der Waals surface area contributed by atoms with Gasteiger partial charge in [-0.25, -0.2) is 0 Å². The minimum absolute atomic E-state index is 0.0349. The highest BCUT2D eigenvalue weighted by molar-refractivity contribution is 5.87. The van der Waals surface area contributed by atoms with Crippen LogP contribution in [0, 0.1) is 11.3 Å². The zero-order chi connectivity index (χ0) is 28.6. The van der Waals surface area contributed by atoms with Crippen molar-refractivity contribution in [2.45, 2.75) is 39.0 Å². The first-order chi connectivity index (χ1) is 19.4. The number of fused-ring (bicyclic) bond motifs is 2. The highest BCUT2D eigenvalue weighted by atomic mass is 16.5. The number of anilines is 1. The van der Waals surface area contributed by atoms with Crippen molar-refractivity contribution in [1.82, 2.24) is 19.8 Å². The standard InChI is InChI=1S/C29H35N5O3.C2H3N/c1-5-27(35)33-13-15-34(16-14-33)28-24-19-36-26(23-12-8-10-21-9-6-7-11-22(21)23)17-25(24)30-29(31-28)37-18-20(2)32(3)4;1-2-3/h5-12,20,26H,1,13-19H2,2-4H3;1H3. The van der Waals surface area contributed by atoms with Crippen LogP contribution < -0.4 is 9.64 Å². The second-order valence-corrected chi connectivity index (χ2v) is 10.2. The maximum atomic E-state index is 12.1. The van der Waals surface area contributed by atoms with Crippen LogP contribution >= 0.6 is 0 Å². The summed E-state index contributed by atoms with van der Waals surface area (Å²) in [5.41, 5.74) is 3.14. The molecule has 3 heterocycles. The number of aromatic nitrogens is 2. The van der Waals surface area contributed by atoms with E-state index in [-0.39, 0.29) is 18.1 Å². The van der Waals surface area contributed by atoms with Crippen LogP contribution in [0.25, 0.3) is 10.8 Å². The van der Waals surface area contributed by atoms with Gasteiger partial charge in [-0.15, -0.1) is 0 Å². The Morgan fingerprint density at radius 1 is 1.20 bits per heavy atom. The minimum atomic E-state index is -0.100. The fraction of sp³-hybridized carbons (Fsp3) is 0.419. The molecule has 0 N–H and O–H groups in total. The summed E-state index contributed by atoms with van der Waals surface area (Å²) in [5.74, 6) is 0.812. The average Bonchev–Trinajstić information content (AvgIpc) is 2.98. The molecule has 0 bridgehead atoms. The molecule has 1 amide bonds. The molecule has 9 heteroatoms. The first kappa shape index (κ1) is 29.0. The number of ether oxygens (including phenoxy) is 2. The number of carbonyl (C=O) groups is 1. The summed E-state index contributed by atoms with van der Waals surface area (Å²) < 4.78 is 12.5. The molecule has 210 valence electrons. The Labute approximate surface area is 236 Å². The largest absolute Gasteiger partial charge is 0.462 e. The zero-order valence-corrected chi connectivity index (χ0v) is 23.8. The summed E-state index contributed by atoms with van der Waals surface area (Å²) in [6.45, 7) is 10.7. The van der Waals surface area contributed by atoms with Crippen LogP contribution in [0.5, 0.6) is 6.01 Å². The molecule has 0 spiro atoms. The molecule has 2 atom stereocenters. The second kappa shape index (κ2) is 13.4. The highest BCUT2D eigenvalue weighted by Crippen LogP contribution is 2.37. The normalized spacial score (nSPS) is 17.4. The molecule has 5 rings (SSSR count). The molecular weight excluding hydrogens is 504 g/mol. The van der Waals surface area contributed by atoms with Crippen LogP contribution in [-0.2, 0) is 22.6 Å². The Kier molecular flexibility index (Phi) is 9.70. The summed E-state index contributed by atoms with van der Waals surface area (Å²) in [6, 6.07) is 17.1. The molecule has 1 saturated heterocycles. The van der Waals surface area contributed by atoms with Crippen LogP contribution in [-0.4, -0.2) is 78.6 Å². The lowest BCUT2D eigenvalue weighted by Crippen LogP contribution is -2.49. The molecular formula is C31H38N6O3. The fourth-order valence-electron chi connectivity index (χ4n) is 4.90. The number of nitriles is 1. The van der Waals surface area contributed by atoms with Gasteiger partial charge in [-0.05, 0) is 43.4 Å². The Morgan fingerprint density at radius 3 is 2.60 bits per heavy atom. The lowest BCUT2D eigenvalue weighted by atomic mass is 9.94. The molecule has 2 aliphatic heterocycles. The predicted octanol–water partition coefficient (Wildman–Crippen LogP) is 4.14. The summed E-state index contributed by atoms with van der Waals surface area (Å²) in [6.07, 6.45) is 1.92. The van der Waals surface area contributed by atoms with Crippen molar-refractivity contribution in [1.29, 1.82) is 5.26 Å². The van der Waals surface area contributed by atoms with Gasteiger partial charge in [0.25, 0.3) is 0 Å². The van der Waals surface area contributed by atoms with Crippen molar-refractivity contribution >= 4 is 22.5 Å². The quantitative estimate of drug-likeness (QED) is 0.411. The predicted molar refractivity (Wildman–Crippen MR) is 156 cm³/mol. The SMILES string of the molecule is C=CC(=O)N1CCN(c2nc(OCC(C)N(C)C)nc3c2COC(c2cccc4ccccc24)C3)CC1.CC#N. The number of benzene rings is 2. The van der Waals surface area contributed by atoms with Gasteiger partial charge in [-0.2, -0.15) is 15.2 Å². The third-order valence-electron chi connectivity index (χ3n) is 7.43. The monoisotopic (exact) mass is 542 g/mol. The van der Waals surface area contributed by atoms with Gasteiger partial charge in [-0.3, -0.25) is 4.79 Å². The van der Waals surface area contributed by atoms with E-state index in [2.05, 4.69) is 65.8 Å². The molecule has 2 aliphatic rings. The van der Waals surface area contributed by atoms with Crippen LogP contribution in [0.4, 0.5) is 5.82 Å². The molecule has 2 aromatic carbocycles. The topological polar surface area (TPSA) is 94.8 Å². The van der Waals surface area contributed by atoms with Gasteiger partial charge in [0, 0.05) is 51.1 Å². The van der Waals surface area contributed by atoms with E-state index in [1.165, 1.54) is 29.3 Å². The molecule has 3 aromatic rings. The van der Waals surface area contributed by atoms with Crippen LogP contribution in [0.3, 0.4) is 0 Å². The number of piperazine rings is 1. The first-order valence-electron chi connectivity index (χ1n) is 13.6. The van der Waals surface area contributed by atoms with Crippen molar-refractivity contribution < 1.29 is 14.3 Å². The maximum Gasteiger partial charge on any atom is 0.318 e. The van der Waals surface area contributed by atoms with E-state index in [1.54, 1.807) is 6.07 Å². The lowest BCUT2D eigenvalue weighted by molar-refractivity contribution is -0.126. The van der Waals surface area contributed by atoms with Crippen LogP contribution in [0.2, 0.25) is 0 Å². The minimum Gasteiger partial charge on any atom is -0.462 e. The second-order valence-electron chi connectivity index (χ2n) is 10.2. The van der Waals surface area contributed by atoms with Crippen molar-refractivity contribution in [3.63, 3.8) is 0 Å². The van der Waals surface area contributed by atoms with Gasteiger partial charge in [0.05, 0.1) is 24.5 Å². The van der Waals surface area contributed by atoms with Crippen molar-refractivity contribution in [2.24, 2.45) is 0 Å². The van der Waals surface area contributed by atoms with Gasteiger partial charge in [0.1, 0.15) is 12.4 Å². The van der Waals surface area contributed by atoms with Gasteiger partial charge in [0.15, 0.2) is 0 Å². The van der Waals surface area contributed by atoms with Crippen molar-refractivity contribution in [3.05, 3.63) is 71.9 Å². The lowest BCUT2D eigenvalue weighted by Gasteiger charge is -2.37. The summed E-state index contributed by atoms with van der Waals surface area (Å²) >= 11 is 0. The van der Waals surface area contributed by atoms with Gasteiger partial charge >= 0.3 is 6.01 Å². The highest BCUT2D eigenvalue weighted by Gasteiger charge is 2.30. The fourth-order valence-corrected chi connectivity index (χ4v) is 4.90. The zero-order valence-electron chi connectivity index (χ0n) is 23.8. The van der Waals surface area contributed by atoms with E-state index in [4.69, 9.17) is 24.7 Å². The molecule has 40 heavy (non-hydrogen) atoms. The van der Waals surface area contributed by atoms with Crippen molar-refractivity contribution in [3.8, 4) is 12.1 Å². The summed E-state index contributed by atoms with van der Waals surface area (Å²) in [4.78, 5) is 28.0. The van der Waals surface area contributed by atoms with Gasteiger partial charge < -0.3 is 24.2 Å². The summed E-state index contributed by atoms with van der Waals surface area (Å²) in [5, 5.41) is 9.72. The number of rotatable bonds is 7. The third-order valence-corrected chi connectivity index (χ3v) is 7.43. The van der Waals surface area contributed by atoms with E-state index >= 15 is 0 Å². The molecule has 2 unspecified atom stereocenters. The summed E-state index contributed by atoms with van der Waals surface area (Å²) in [7, 11) is 4.06. The Hall–Kier alpha value is -4.00. The Balaban J connectivity index is 0.00000118. The smallest absolute Gasteiger partial charge is 0.318 e. The number of hydrogen-bond donors (Lipinski definition) is 0. The number of carbonyl (C=O) groups excluding carboxylic acids is 1. The first-order valence-corrected chi connectivity index (χ1v) is 13.6. The van der Waals surface area contributed by atoms with Crippen LogP contribution in [0.1, 0.15) is 36.8 Å². The number of likely N-dealkylation sites (N-methyl/N-ethyl adjacent to an activating group) is 1. The maximum absolute atomic E-state index is 12.1. The number of nitrogens with zero attached hydrogens (tertiary/aromatic N) is 6. The molecule has 1 aromatic heterocycles. The molecule has 0 saturated carbocycles. The van der Waals surface area contributed by atoms with Gasteiger partial charge in [-0.1, -0.05) is 49.0 Å². The number of amides is 1. The Morgan fingerprint density at radius 2 is 1.90 bits per heavy atom. The molecule has 0 radical (unpaired) electrons. The van der Waals surface area contributed by atoms with Crippen LogP contribution in [0.15, 0.2) is 55.1 Å². The van der Waals surface area contributed by atoms with E-state index in [0.717, 1.165) is 17.1 Å². The third kappa shape index (κ3) is 6.58. The van der Waals surface area contributed by atoms with Gasteiger partial charge in [0.2, 0.25) is 5.91 Å². The molecule has 0 aliphatic carbocycles. The Bertz CT molecular complexity index is 1370. The average molecular weight is 543 g/mol. The van der Waals surface area contributed by atoms with Crippen molar-refractivity contribution in [2.75, 3.05) is 51.8 Å². The number of hydrogen-bond acceptors (Lipinski definition) is 8. The molecule has 9 nitrogen and oxygen atoms in total. The van der Waals surface area contributed by atoms with E-state index < -0.39 is 0 Å². The van der Waals surface area contributed by atoms with E-state index in [0.29, 0.717) is 51.8 Å². The van der Waals surface area contributed by atoms with E-state index in [1.807, 2.05) is 19.0 Å². The molecule has 1 fully saturated rings. The van der Waals surface area contributed by atoms with E-state index in [9.17, 15) is 4.79 Å².